The van der Waals surface area contributed by atoms with E-state index in [2.05, 4.69) is 30.9 Å². The maximum absolute atomic E-state index is 6.20. The zero-order valence-corrected chi connectivity index (χ0v) is 12.2. The molecule has 2 heterocycles. The third-order valence-electron chi connectivity index (χ3n) is 3.84. The van der Waals surface area contributed by atoms with Crippen molar-refractivity contribution in [2.24, 2.45) is 11.3 Å². The fourth-order valence-electron chi connectivity index (χ4n) is 2.51. The number of nitrogens with zero attached hydrogens (tertiary/aromatic N) is 3. The highest BCUT2D eigenvalue weighted by Gasteiger charge is 2.42. The third-order valence-corrected chi connectivity index (χ3v) is 4.37. The first-order chi connectivity index (χ1) is 8.57. The molecule has 0 radical (unpaired) electrons. The van der Waals surface area contributed by atoms with Crippen molar-refractivity contribution in [1.29, 1.82) is 0 Å². The van der Waals surface area contributed by atoms with Gasteiger partial charge in [0, 0.05) is 30.9 Å². The van der Waals surface area contributed by atoms with Gasteiger partial charge in [-0.1, -0.05) is 13.8 Å². The summed E-state index contributed by atoms with van der Waals surface area (Å²) in [5.74, 6) is 2.21. The summed E-state index contributed by atoms with van der Waals surface area (Å²) in [6, 6.07) is 0. The Morgan fingerprint density at radius 1 is 1.61 bits per heavy atom. The van der Waals surface area contributed by atoms with Crippen LogP contribution in [0, 0.1) is 11.3 Å². The van der Waals surface area contributed by atoms with Crippen molar-refractivity contribution in [3.05, 3.63) is 12.2 Å². The summed E-state index contributed by atoms with van der Waals surface area (Å²) >= 11 is 6.20. The van der Waals surface area contributed by atoms with Crippen molar-refractivity contribution in [2.75, 3.05) is 12.5 Å². The van der Waals surface area contributed by atoms with E-state index < -0.39 is 0 Å². The Morgan fingerprint density at radius 2 is 2.39 bits per heavy atom. The van der Waals surface area contributed by atoms with Crippen molar-refractivity contribution in [1.82, 2.24) is 14.8 Å². The Balaban J connectivity index is 2.15. The number of ether oxygens (including phenoxy) is 1. The first-order valence-electron chi connectivity index (χ1n) is 6.61. The minimum absolute atomic E-state index is 0.0172. The topological polar surface area (TPSA) is 39.9 Å². The van der Waals surface area contributed by atoms with Gasteiger partial charge in [-0.15, -0.1) is 11.6 Å². The lowest BCUT2D eigenvalue weighted by atomic mass is 9.80. The summed E-state index contributed by atoms with van der Waals surface area (Å²) in [6.07, 6.45) is 3.69. The minimum atomic E-state index is 0.0172. The van der Waals surface area contributed by atoms with Crippen LogP contribution in [0.2, 0.25) is 0 Å². The molecule has 0 aromatic carbocycles. The van der Waals surface area contributed by atoms with Crippen LogP contribution in [0.1, 0.15) is 33.0 Å². The van der Waals surface area contributed by atoms with E-state index in [1.54, 1.807) is 6.33 Å². The van der Waals surface area contributed by atoms with Crippen LogP contribution in [-0.4, -0.2) is 33.4 Å². The minimum Gasteiger partial charge on any atom is -0.378 e. The monoisotopic (exact) mass is 271 g/mol. The molecule has 1 aromatic rings. The Hall–Kier alpha value is -0.610. The number of alkyl halides is 1. The lowest BCUT2D eigenvalue weighted by Crippen LogP contribution is -2.34. The van der Waals surface area contributed by atoms with E-state index in [-0.39, 0.29) is 11.5 Å². The smallest absolute Gasteiger partial charge is 0.138 e. The Bertz CT molecular complexity index is 393. The summed E-state index contributed by atoms with van der Waals surface area (Å²) in [4.78, 5) is 4.40. The van der Waals surface area contributed by atoms with Crippen LogP contribution >= 0.6 is 11.6 Å². The number of hydrogen-bond acceptors (Lipinski definition) is 3. The van der Waals surface area contributed by atoms with E-state index in [0.717, 1.165) is 31.8 Å². The molecule has 1 aliphatic rings. The van der Waals surface area contributed by atoms with Crippen LogP contribution in [0.25, 0.3) is 0 Å². The molecule has 1 fully saturated rings. The molecule has 0 amide bonds. The highest BCUT2D eigenvalue weighted by molar-refractivity contribution is 6.18. The molecule has 1 aliphatic heterocycles. The van der Waals surface area contributed by atoms with Crippen molar-refractivity contribution in [2.45, 2.75) is 46.3 Å². The lowest BCUT2D eigenvalue weighted by molar-refractivity contribution is 0.0721. The van der Waals surface area contributed by atoms with E-state index in [9.17, 15) is 0 Å². The molecule has 18 heavy (non-hydrogen) atoms. The van der Waals surface area contributed by atoms with Gasteiger partial charge in [0.2, 0.25) is 0 Å². The predicted octanol–water partition coefficient (Wildman–Crippen LogP) is 2.51. The molecular weight excluding hydrogens is 250 g/mol. The quantitative estimate of drug-likeness (QED) is 0.773. The molecule has 0 spiro atoms. The van der Waals surface area contributed by atoms with E-state index in [0.29, 0.717) is 11.8 Å². The second kappa shape index (κ2) is 5.57. The van der Waals surface area contributed by atoms with E-state index in [4.69, 9.17) is 16.3 Å². The molecule has 0 saturated carbocycles. The normalized spacial score (nSPS) is 28.2. The van der Waals surface area contributed by atoms with Crippen molar-refractivity contribution >= 4 is 11.6 Å². The molecule has 4 nitrogen and oxygen atoms in total. The lowest BCUT2D eigenvalue weighted by Gasteiger charge is -2.29. The van der Waals surface area contributed by atoms with E-state index >= 15 is 0 Å². The van der Waals surface area contributed by atoms with Gasteiger partial charge in [0.25, 0.3) is 0 Å². The highest BCUT2D eigenvalue weighted by atomic mass is 35.5. The van der Waals surface area contributed by atoms with Crippen molar-refractivity contribution in [3.8, 4) is 0 Å². The molecule has 0 N–H and O–H groups in total. The molecule has 2 atom stereocenters. The second-order valence-electron chi connectivity index (χ2n) is 5.69. The summed E-state index contributed by atoms with van der Waals surface area (Å²) in [6.45, 7) is 8.18. The maximum atomic E-state index is 6.20. The molecule has 1 saturated heterocycles. The number of halogens is 1. The number of hydrogen-bond donors (Lipinski definition) is 0. The maximum Gasteiger partial charge on any atom is 0.138 e. The molecule has 0 bridgehead atoms. The van der Waals surface area contributed by atoms with Gasteiger partial charge in [0.15, 0.2) is 0 Å². The zero-order chi connectivity index (χ0) is 13.2. The summed E-state index contributed by atoms with van der Waals surface area (Å²) < 4.78 is 7.69. The van der Waals surface area contributed by atoms with Crippen LogP contribution in [0.3, 0.4) is 0 Å². The highest BCUT2D eigenvalue weighted by Crippen LogP contribution is 2.38. The standard InChI is InChI=1S/C13H22ClN3O/c1-10(2)7-17-12(15-9-16-17)6-13(8-14)4-5-18-11(13)3/h9-11H,4-8H2,1-3H3. The second-order valence-corrected chi connectivity index (χ2v) is 5.96. The molecule has 2 unspecified atom stereocenters. The van der Waals surface area contributed by atoms with Crippen LogP contribution in [0.15, 0.2) is 6.33 Å². The van der Waals surface area contributed by atoms with E-state index in [1.807, 2.05) is 4.68 Å². The van der Waals surface area contributed by atoms with Crippen LogP contribution < -0.4 is 0 Å². The van der Waals surface area contributed by atoms with Crippen LogP contribution in [0.4, 0.5) is 0 Å². The van der Waals surface area contributed by atoms with Gasteiger partial charge < -0.3 is 4.74 Å². The van der Waals surface area contributed by atoms with Gasteiger partial charge in [-0.3, -0.25) is 0 Å². The largest absolute Gasteiger partial charge is 0.378 e. The first kappa shape index (κ1) is 13.8. The van der Waals surface area contributed by atoms with Gasteiger partial charge in [-0.2, -0.15) is 5.10 Å². The van der Waals surface area contributed by atoms with Crippen molar-refractivity contribution < 1.29 is 4.74 Å². The molecule has 5 heteroatoms. The predicted molar refractivity (Wildman–Crippen MR) is 71.7 cm³/mol. The third kappa shape index (κ3) is 2.69. The fourth-order valence-corrected chi connectivity index (χ4v) is 2.96. The molecule has 2 rings (SSSR count). The SMILES string of the molecule is CC(C)Cn1ncnc1CC1(CCl)CCOC1C. The Labute approximate surface area is 114 Å². The molecule has 102 valence electrons. The summed E-state index contributed by atoms with van der Waals surface area (Å²) in [5, 5.41) is 4.31. The average Bonchev–Trinajstić information content (AvgIpc) is 2.88. The average molecular weight is 272 g/mol. The van der Waals surface area contributed by atoms with Gasteiger partial charge in [-0.05, 0) is 19.3 Å². The van der Waals surface area contributed by atoms with E-state index in [1.165, 1.54) is 0 Å². The first-order valence-corrected chi connectivity index (χ1v) is 7.15. The van der Waals surface area contributed by atoms with Crippen molar-refractivity contribution in [3.63, 3.8) is 0 Å². The van der Waals surface area contributed by atoms with Crippen LogP contribution in [-0.2, 0) is 17.7 Å². The number of rotatable bonds is 5. The van der Waals surface area contributed by atoms with Gasteiger partial charge in [0.1, 0.15) is 12.2 Å². The fraction of sp³-hybridized carbons (Fsp3) is 0.846. The molecule has 1 aromatic heterocycles. The summed E-state index contributed by atoms with van der Waals surface area (Å²) in [5.41, 5.74) is 0.0172. The number of aromatic nitrogens is 3. The Kier molecular flexibility index (Phi) is 4.28. The van der Waals surface area contributed by atoms with Crippen LogP contribution in [0.5, 0.6) is 0 Å². The van der Waals surface area contributed by atoms with Gasteiger partial charge >= 0.3 is 0 Å². The van der Waals surface area contributed by atoms with Gasteiger partial charge in [0.05, 0.1) is 6.10 Å². The molecular formula is C13H22ClN3O. The van der Waals surface area contributed by atoms with Gasteiger partial charge in [-0.25, -0.2) is 9.67 Å². The zero-order valence-electron chi connectivity index (χ0n) is 11.4. The molecule has 0 aliphatic carbocycles. The summed E-state index contributed by atoms with van der Waals surface area (Å²) in [7, 11) is 0. The Morgan fingerprint density at radius 3 is 2.94 bits per heavy atom.